The number of halogens is 2. The first-order valence-corrected chi connectivity index (χ1v) is 14.9. The number of amides is 2. The van der Waals surface area contributed by atoms with Gasteiger partial charge >= 0.3 is 18.2 Å². The van der Waals surface area contributed by atoms with Crippen LogP contribution in [0.5, 0.6) is 0 Å². The molecule has 1 aliphatic carbocycles. The minimum absolute atomic E-state index is 0.0567. The molecule has 4 rings (SSSR count). The van der Waals surface area contributed by atoms with E-state index in [0.717, 1.165) is 18.9 Å². The van der Waals surface area contributed by atoms with Crippen LogP contribution >= 0.6 is 0 Å². The number of nitrogens with one attached hydrogen (secondary N) is 1. The molecule has 2 atom stereocenters. The van der Waals surface area contributed by atoms with E-state index in [2.05, 4.69) is 5.32 Å². The first-order valence-electron chi connectivity index (χ1n) is 14.9. The Morgan fingerprint density at radius 1 is 1.07 bits per heavy atom. The van der Waals surface area contributed by atoms with Crippen molar-refractivity contribution in [2.24, 2.45) is 0 Å². The van der Waals surface area contributed by atoms with Gasteiger partial charge in [-0.2, -0.15) is 0 Å². The highest BCUT2D eigenvalue weighted by atomic mass is 19.2. The summed E-state index contributed by atoms with van der Waals surface area (Å²) in [5.74, 6) is -3.18. The average Bonchev–Trinajstić information content (AvgIpc) is 3.65. The lowest BCUT2D eigenvalue weighted by Gasteiger charge is -2.28. The van der Waals surface area contributed by atoms with Crippen molar-refractivity contribution in [1.82, 2.24) is 14.8 Å². The van der Waals surface area contributed by atoms with Gasteiger partial charge in [0.05, 0.1) is 23.6 Å². The maximum Gasteiger partial charge on any atom is 0.410 e. The van der Waals surface area contributed by atoms with E-state index in [9.17, 15) is 23.6 Å². The first-order chi connectivity index (χ1) is 20.5. The van der Waals surface area contributed by atoms with E-state index in [1.165, 1.54) is 17.2 Å². The van der Waals surface area contributed by atoms with Crippen molar-refractivity contribution in [2.75, 3.05) is 13.2 Å². The summed E-state index contributed by atoms with van der Waals surface area (Å²) in [5.41, 5.74) is -2.40. The van der Waals surface area contributed by atoms with Gasteiger partial charge in [0, 0.05) is 30.4 Å². The van der Waals surface area contributed by atoms with Crippen molar-refractivity contribution in [3.8, 4) is 0 Å². The number of aromatic nitrogens is 1. The Morgan fingerprint density at radius 3 is 2.32 bits per heavy atom. The number of hydrogen-bond donors (Lipinski definition) is 1. The molecule has 2 amide bonds. The number of ether oxygens (including phenoxy) is 3. The number of hydrogen-bond acceptors (Lipinski definition) is 7. The van der Waals surface area contributed by atoms with Crippen LogP contribution in [0, 0.1) is 11.6 Å². The molecule has 1 aromatic heterocycles. The van der Waals surface area contributed by atoms with E-state index in [0.29, 0.717) is 6.42 Å². The van der Waals surface area contributed by atoms with Crippen LogP contribution in [0.25, 0.3) is 17.0 Å². The number of alkyl carbamates (subject to hydrolysis) is 1. The fourth-order valence-corrected chi connectivity index (χ4v) is 5.25. The molecule has 12 heteroatoms. The summed E-state index contributed by atoms with van der Waals surface area (Å²) in [5, 5.41) is 2.67. The molecule has 2 aromatic rings. The Labute approximate surface area is 255 Å². The van der Waals surface area contributed by atoms with Crippen molar-refractivity contribution in [2.45, 2.75) is 103 Å². The highest BCUT2D eigenvalue weighted by Crippen LogP contribution is 2.39. The van der Waals surface area contributed by atoms with Crippen LogP contribution < -0.4 is 10.7 Å². The second-order valence-electron chi connectivity index (χ2n) is 13.2. The average molecular weight is 618 g/mol. The quantitative estimate of drug-likeness (QED) is 0.295. The number of esters is 1. The number of rotatable bonds is 7. The lowest BCUT2D eigenvalue weighted by Crippen LogP contribution is -2.43. The van der Waals surface area contributed by atoms with E-state index in [-0.39, 0.29) is 47.6 Å². The van der Waals surface area contributed by atoms with Gasteiger partial charge in [0.2, 0.25) is 5.43 Å². The molecule has 0 unspecified atom stereocenters. The number of benzene rings is 1. The molecular formula is C32H41F2N3O7. The van der Waals surface area contributed by atoms with Crippen molar-refractivity contribution in [1.29, 1.82) is 0 Å². The predicted molar refractivity (Wildman–Crippen MR) is 161 cm³/mol. The van der Waals surface area contributed by atoms with Crippen molar-refractivity contribution in [3.63, 3.8) is 0 Å². The van der Waals surface area contributed by atoms with E-state index < -0.39 is 58.5 Å². The molecule has 1 N–H and O–H groups in total. The molecule has 10 nitrogen and oxygen atoms in total. The van der Waals surface area contributed by atoms with Gasteiger partial charge in [-0.1, -0.05) is 12.2 Å². The third-order valence-corrected chi connectivity index (χ3v) is 7.13. The third-order valence-electron chi connectivity index (χ3n) is 7.13. The Morgan fingerprint density at radius 2 is 1.73 bits per heavy atom. The Kier molecular flexibility index (Phi) is 9.41. The number of carbonyl (C=O) groups is 3. The molecule has 0 spiro atoms. The zero-order valence-corrected chi connectivity index (χ0v) is 26.3. The number of likely N-dealkylation sites (tertiary alicyclic amines) is 1. The second-order valence-corrected chi connectivity index (χ2v) is 13.2. The van der Waals surface area contributed by atoms with Crippen molar-refractivity contribution < 1.29 is 37.4 Å². The zero-order valence-electron chi connectivity index (χ0n) is 26.3. The van der Waals surface area contributed by atoms with Gasteiger partial charge in [-0.25, -0.2) is 23.2 Å². The van der Waals surface area contributed by atoms with Crippen LogP contribution in [-0.2, 0) is 14.2 Å². The fraction of sp³-hybridized carbons (Fsp3) is 0.562. The van der Waals surface area contributed by atoms with E-state index in [4.69, 9.17) is 14.2 Å². The van der Waals surface area contributed by atoms with Gasteiger partial charge in [-0.15, -0.1) is 0 Å². The smallest absolute Gasteiger partial charge is 0.410 e. The molecule has 1 aliphatic heterocycles. The van der Waals surface area contributed by atoms with Crippen LogP contribution in [0.4, 0.5) is 18.4 Å². The number of fused-ring (bicyclic) bond motifs is 1. The monoisotopic (exact) mass is 617 g/mol. The SMILES string of the molecule is CCOC(=O)c1cn(C2CC2)c2c(/C=C\C[C@@H]3C[C@@H](NC(=O)OC(C)(C)C)CN3C(=O)OC(C)(C)C)c(F)c(F)cc2c1=O. The summed E-state index contributed by atoms with van der Waals surface area (Å²) in [6.07, 6.45) is 5.27. The van der Waals surface area contributed by atoms with Crippen LogP contribution in [0.3, 0.4) is 0 Å². The zero-order chi connectivity index (χ0) is 32.6. The summed E-state index contributed by atoms with van der Waals surface area (Å²) < 4.78 is 47.8. The third kappa shape index (κ3) is 7.75. The molecule has 0 bridgehead atoms. The Bertz CT molecular complexity index is 1530. The minimum Gasteiger partial charge on any atom is -0.462 e. The Hall–Kier alpha value is -3.96. The van der Waals surface area contributed by atoms with Crippen LogP contribution in [-0.4, -0.2) is 64.1 Å². The molecule has 2 aliphatic rings. The van der Waals surface area contributed by atoms with Crippen LogP contribution in [0.15, 0.2) is 23.1 Å². The van der Waals surface area contributed by atoms with E-state index in [1.807, 2.05) is 0 Å². The molecule has 44 heavy (non-hydrogen) atoms. The second kappa shape index (κ2) is 12.6. The molecule has 0 radical (unpaired) electrons. The largest absolute Gasteiger partial charge is 0.462 e. The molecule has 2 heterocycles. The highest BCUT2D eigenvalue weighted by Gasteiger charge is 2.38. The van der Waals surface area contributed by atoms with E-state index in [1.54, 1.807) is 59.1 Å². The number of pyridine rings is 1. The topological polar surface area (TPSA) is 116 Å². The van der Waals surface area contributed by atoms with Crippen molar-refractivity contribution >= 4 is 35.1 Å². The standard InChI is InChI=1S/C32H41F2N3O7/c1-8-42-28(39)23-17-36(19-12-13-19)26-21(25(34)24(33)15-22(26)27(23)38)11-9-10-20-14-18(35-29(40)43-31(2,3)4)16-37(20)30(41)44-32(5,6)7/h9,11,15,17-20H,8,10,12-14,16H2,1-7H3,(H,35,40)/b11-9-/t18-,20-/m1/s1. The maximum atomic E-state index is 15.4. The minimum atomic E-state index is -1.23. The molecule has 240 valence electrons. The van der Waals surface area contributed by atoms with Gasteiger partial charge < -0.3 is 29.0 Å². The summed E-state index contributed by atoms with van der Waals surface area (Å²) >= 11 is 0. The summed E-state index contributed by atoms with van der Waals surface area (Å²) in [7, 11) is 0. The number of nitrogens with zero attached hydrogens (tertiary/aromatic N) is 2. The summed E-state index contributed by atoms with van der Waals surface area (Å²) in [4.78, 5) is 52.8. The van der Waals surface area contributed by atoms with Gasteiger partial charge in [0.25, 0.3) is 0 Å². The molecule has 2 fully saturated rings. The number of carbonyl (C=O) groups excluding carboxylic acids is 3. The molecule has 1 saturated carbocycles. The highest BCUT2D eigenvalue weighted by molar-refractivity contribution is 5.96. The fourth-order valence-electron chi connectivity index (χ4n) is 5.25. The lowest BCUT2D eigenvalue weighted by molar-refractivity contribution is 0.0220. The summed E-state index contributed by atoms with van der Waals surface area (Å²) in [6, 6.07) is -0.130. The van der Waals surface area contributed by atoms with Crippen LogP contribution in [0.1, 0.15) is 96.1 Å². The predicted octanol–water partition coefficient (Wildman–Crippen LogP) is 6.10. The normalized spacial score (nSPS) is 19.0. The Balaban J connectivity index is 1.67. The molecule has 1 aromatic carbocycles. The first kappa shape index (κ1) is 32.9. The van der Waals surface area contributed by atoms with Crippen LogP contribution in [0.2, 0.25) is 0 Å². The molecule has 1 saturated heterocycles. The van der Waals surface area contributed by atoms with E-state index >= 15 is 4.39 Å². The van der Waals surface area contributed by atoms with Crippen molar-refractivity contribution in [3.05, 3.63) is 51.3 Å². The maximum absolute atomic E-state index is 15.4. The van der Waals surface area contributed by atoms with Gasteiger partial charge in [-0.3, -0.25) is 4.79 Å². The lowest BCUT2D eigenvalue weighted by atomic mass is 10.0. The van der Waals surface area contributed by atoms with Gasteiger partial charge in [0.15, 0.2) is 11.6 Å². The summed E-state index contributed by atoms with van der Waals surface area (Å²) in [6.45, 7) is 12.3. The van der Waals surface area contributed by atoms with Gasteiger partial charge in [-0.05, 0) is 80.2 Å². The van der Waals surface area contributed by atoms with Gasteiger partial charge in [0.1, 0.15) is 16.8 Å². The molecular weight excluding hydrogens is 576 g/mol.